The smallest absolute Gasteiger partial charge is 0.323 e. The van der Waals surface area contributed by atoms with E-state index in [2.05, 4.69) is 5.32 Å². The maximum atomic E-state index is 12.0. The topological polar surface area (TPSA) is 78.9 Å². The van der Waals surface area contributed by atoms with Crippen LogP contribution in [0.15, 0.2) is 18.2 Å². The van der Waals surface area contributed by atoms with Crippen LogP contribution < -0.4 is 5.32 Å². The van der Waals surface area contributed by atoms with Gasteiger partial charge < -0.3 is 20.1 Å². The van der Waals surface area contributed by atoms with E-state index in [4.69, 9.17) is 33.0 Å². The lowest BCUT2D eigenvalue weighted by Gasteiger charge is -2.21. The van der Waals surface area contributed by atoms with Gasteiger partial charge in [0.2, 0.25) is 0 Å². The Bertz CT molecular complexity index is 496. The number of anilines is 1. The highest BCUT2D eigenvalue weighted by molar-refractivity contribution is 6.36. The van der Waals surface area contributed by atoms with Gasteiger partial charge in [0, 0.05) is 18.7 Å². The molecular weight excluding hydrogens is 307 g/mol. The summed E-state index contributed by atoms with van der Waals surface area (Å²) in [6, 6.07) is 4.01. The Labute approximate surface area is 126 Å². The number of rotatable bonds is 6. The van der Waals surface area contributed by atoms with Gasteiger partial charge in [0.05, 0.1) is 17.3 Å². The Morgan fingerprint density at radius 1 is 1.40 bits per heavy atom. The van der Waals surface area contributed by atoms with Gasteiger partial charge in [0.1, 0.15) is 6.54 Å². The molecule has 0 spiro atoms. The molecule has 0 unspecified atom stereocenters. The molecule has 0 aliphatic carbocycles. The molecule has 1 aromatic rings. The number of amides is 2. The minimum Gasteiger partial charge on any atom is -0.480 e. The lowest BCUT2D eigenvalue weighted by atomic mass is 10.3. The van der Waals surface area contributed by atoms with Gasteiger partial charge in [-0.3, -0.25) is 4.79 Å². The lowest BCUT2D eigenvalue weighted by molar-refractivity contribution is -0.137. The Hall–Kier alpha value is -1.50. The molecule has 110 valence electrons. The second-order valence-corrected chi connectivity index (χ2v) is 4.71. The fourth-order valence-corrected chi connectivity index (χ4v) is 1.86. The maximum Gasteiger partial charge on any atom is 0.323 e. The monoisotopic (exact) mass is 320 g/mol. The van der Waals surface area contributed by atoms with Crippen LogP contribution in [0.2, 0.25) is 10.0 Å². The van der Waals surface area contributed by atoms with Crippen molar-refractivity contribution in [2.24, 2.45) is 0 Å². The van der Waals surface area contributed by atoms with Gasteiger partial charge in [-0.2, -0.15) is 0 Å². The molecule has 8 heteroatoms. The number of nitrogens with zero attached hydrogens (tertiary/aromatic N) is 1. The van der Waals surface area contributed by atoms with Gasteiger partial charge >= 0.3 is 12.0 Å². The Balaban J connectivity index is 2.76. The summed E-state index contributed by atoms with van der Waals surface area (Å²) in [4.78, 5) is 23.8. The zero-order valence-corrected chi connectivity index (χ0v) is 12.2. The summed E-state index contributed by atoms with van der Waals surface area (Å²) < 4.78 is 4.84. The molecule has 2 amide bonds. The van der Waals surface area contributed by atoms with E-state index in [1.54, 1.807) is 6.07 Å². The standard InChI is InChI=1S/C12H14Cl2N2O4/c1-20-5-4-16(7-11(17)18)12(19)15-10-3-2-8(13)6-9(10)14/h2-3,6H,4-5,7H2,1H3,(H,15,19)(H,17,18). The first kappa shape index (κ1) is 16.6. The highest BCUT2D eigenvalue weighted by atomic mass is 35.5. The number of carbonyl (C=O) groups excluding carboxylic acids is 1. The summed E-state index contributed by atoms with van der Waals surface area (Å²) in [6.45, 7) is -0.0463. The number of halogens is 2. The van der Waals surface area contributed by atoms with Crippen molar-refractivity contribution >= 4 is 40.9 Å². The number of aliphatic carboxylic acids is 1. The molecule has 0 heterocycles. The molecule has 0 aliphatic heterocycles. The molecule has 20 heavy (non-hydrogen) atoms. The zero-order chi connectivity index (χ0) is 15.1. The number of nitrogens with one attached hydrogen (secondary N) is 1. The Morgan fingerprint density at radius 3 is 2.65 bits per heavy atom. The molecule has 6 nitrogen and oxygen atoms in total. The molecule has 0 radical (unpaired) electrons. The summed E-state index contributed by atoms with van der Waals surface area (Å²) in [5.41, 5.74) is 0.355. The zero-order valence-electron chi connectivity index (χ0n) is 10.7. The molecule has 0 atom stereocenters. The number of hydrogen-bond acceptors (Lipinski definition) is 3. The molecule has 0 aromatic heterocycles. The van der Waals surface area contributed by atoms with Crippen molar-refractivity contribution < 1.29 is 19.4 Å². The number of carboxylic acids is 1. The van der Waals surface area contributed by atoms with Gasteiger partial charge in [-0.25, -0.2) is 4.79 Å². The van der Waals surface area contributed by atoms with E-state index in [1.807, 2.05) is 0 Å². The second-order valence-electron chi connectivity index (χ2n) is 3.86. The van der Waals surface area contributed by atoms with Crippen LogP contribution in [0.3, 0.4) is 0 Å². The third-order valence-electron chi connectivity index (χ3n) is 2.35. The first-order chi connectivity index (χ1) is 9.43. The van der Waals surface area contributed by atoms with E-state index < -0.39 is 18.5 Å². The van der Waals surface area contributed by atoms with Crippen molar-refractivity contribution in [3.63, 3.8) is 0 Å². The highest BCUT2D eigenvalue weighted by Crippen LogP contribution is 2.25. The Kier molecular flexibility index (Phi) is 6.57. The predicted octanol–water partition coefficient (Wildman–Crippen LogP) is 2.56. The van der Waals surface area contributed by atoms with E-state index in [-0.39, 0.29) is 18.2 Å². The molecule has 1 rings (SSSR count). The van der Waals surface area contributed by atoms with Crippen molar-refractivity contribution in [3.05, 3.63) is 28.2 Å². The molecule has 0 aliphatic rings. The number of carboxylic acid groups (broad SMARTS) is 1. The number of urea groups is 1. The summed E-state index contributed by atoms with van der Waals surface area (Å²) in [5, 5.41) is 12.0. The number of methoxy groups -OCH3 is 1. The van der Waals surface area contributed by atoms with Crippen molar-refractivity contribution in [1.29, 1.82) is 0 Å². The van der Waals surface area contributed by atoms with Crippen LogP contribution in [0.1, 0.15) is 0 Å². The van der Waals surface area contributed by atoms with Gasteiger partial charge in [0.25, 0.3) is 0 Å². The minimum absolute atomic E-state index is 0.153. The van der Waals surface area contributed by atoms with Crippen LogP contribution in [0, 0.1) is 0 Å². The first-order valence-electron chi connectivity index (χ1n) is 5.65. The highest BCUT2D eigenvalue weighted by Gasteiger charge is 2.17. The summed E-state index contributed by atoms with van der Waals surface area (Å²) in [7, 11) is 1.47. The van der Waals surface area contributed by atoms with Gasteiger partial charge in [-0.05, 0) is 18.2 Å². The molecule has 0 bridgehead atoms. The van der Waals surface area contributed by atoms with Gasteiger partial charge in [-0.1, -0.05) is 23.2 Å². The van der Waals surface area contributed by atoms with Crippen LogP contribution in [-0.2, 0) is 9.53 Å². The van der Waals surface area contributed by atoms with Crippen LogP contribution in [-0.4, -0.2) is 48.8 Å². The van der Waals surface area contributed by atoms with Gasteiger partial charge in [-0.15, -0.1) is 0 Å². The average molecular weight is 321 g/mol. The summed E-state index contributed by atoms with van der Waals surface area (Å²) >= 11 is 11.7. The quantitative estimate of drug-likeness (QED) is 0.844. The van der Waals surface area contributed by atoms with E-state index in [1.165, 1.54) is 19.2 Å². The molecule has 1 aromatic carbocycles. The van der Waals surface area contributed by atoms with E-state index in [0.29, 0.717) is 10.7 Å². The second kappa shape index (κ2) is 7.94. The lowest BCUT2D eigenvalue weighted by Crippen LogP contribution is -2.40. The third kappa shape index (κ3) is 5.24. The van der Waals surface area contributed by atoms with Crippen LogP contribution in [0.5, 0.6) is 0 Å². The fraction of sp³-hybridized carbons (Fsp3) is 0.333. The van der Waals surface area contributed by atoms with E-state index >= 15 is 0 Å². The van der Waals surface area contributed by atoms with Crippen molar-refractivity contribution in [2.45, 2.75) is 0 Å². The molecule has 0 saturated heterocycles. The third-order valence-corrected chi connectivity index (χ3v) is 2.90. The molecule has 2 N–H and O–H groups in total. The van der Waals surface area contributed by atoms with Crippen molar-refractivity contribution in [1.82, 2.24) is 4.90 Å². The van der Waals surface area contributed by atoms with Crippen LogP contribution in [0.4, 0.5) is 10.5 Å². The Morgan fingerprint density at radius 2 is 2.10 bits per heavy atom. The molecular formula is C12H14Cl2N2O4. The van der Waals surface area contributed by atoms with Crippen molar-refractivity contribution in [3.8, 4) is 0 Å². The SMILES string of the molecule is COCCN(CC(=O)O)C(=O)Nc1ccc(Cl)cc1Cl. The number of ether oxygens (including phenoxy) is 1. The van der Waals surface area contributed by atoms with E-state index in [0.717, 1.165) is 4.90 Å². The maximum absolute atomic E-state index is 12.0. The fourth-order valence-electron chi connectivity index (χ4n) is 1.40. The number of carbonyl (C=O) groups is 2. The van der Waals surface area contributed by atoms with E-state index in [9.17, 15) is 9.59 Å². The van der Waals surface area contributed by atoms with Crippen LogP contribution >= 0.6 is 23.2 Å². The van der Waals surface area contributed by atoms with Crippen molar-refractivity contribution in [2.75, 3.05) is 32.1 Å². The minimum atomic E-state index is -1.11. The largest absolute Gasteiger partial charge is 0.480 e. The van der Waals surface area contributed by atoms with Crippen LogP contribution in [0.25, 0.3) is 0 Å². The first-order valence-corrected chi connectivity index (χ1v) is 6.41. The normalized spacial score (nSPS) is 10.2. The summed E-state index contributed by atoms with van der Waals surface area (Å²) in [5.74, 6) is -1.11. The number of hydrogen-bond donors (Lipinski definition) is 2. The average Bonchev–Trinajstić information content (AvgIpc) is 2.37. The predicted molar refractivity (Wildman–Crippen MR) is 76.6 cm³/mol. The molecule has 0 fully saturated rings. The van der Waals surface area contributed by atoms with Gasteiger partial charge in [0.15, 0.2) is 0 Å². The molecule has 0 saturated carbocycles. The summed E-state index contributed by atoms with van der Waals surface area (Å²) in [6.07, 6.45) is 0. The number of benzene rings is 1.